The van der Waals surface area contributed by atoms with Crippen molar-refractivity contribution >= 4 is 33.3 Å². The zero-order chi connectivity index (χ0) is 14.6. The summed E-state index contributed by atoms with van der Waals surface area (Å²) in [4.78, 5) is 10.9. The third-order valence-electron chi connectivity index (χ3n) is 2.52. The van der Waals surface area contributed by atoms with Crippen molar-refractivity contribution in [1.82, 2.24) is 4.72 Å². The Bertz CT molecular complexity index is 563. The lowest BCUT2D eigenvalue weighted by atomic mass is 10.2. The van der Waals surface area contributed by atoms with E-state index in [0.29, 0.717) is 11.3 Å². The first-order valence-corrected chi connectivity index (χ1v) is 7.26. The molecule has 0 atom stereocenters. The minimum atomic E-state index is -3.75. The van der Waals surface area contributed by atoms with Gasteiger partial charge in [0.2, 0.25) is 10.0 Å². The Morgan fingerprint density at radius 1 is 1.47 bits per heavy atom. The molecule has 0 aliphatic carbocycles. The van der Waals surface area contributed by atoms with Crippen molar-refractivity contribution in [1.29, 1.82) is 0 Å². The minimum Gasteiger partial charge on any atom is -0.469 e. The molecule has 6 nitrogen and oxygen atoms in total. The Balaban J connectivity index is 2.86. The molecule has 3 N–H and O–H groups in total. The van der Waals surface area contributed by atoms with Crippen LogP contribution in [-0.4, -0.2) is 28.0 Å². The summed E-state index contributed by atoms with van der Waals surface area (Å²) in [5.41, 5.74) is 6.58. The number of carbonyl (C=O) groups is 1. The first kappa shape index (κ1) is 15.7. The van der Waals surface area contributed by atoms with Gasteiger partial charge in [-0.1, -0.05) is 11.6 Å². The molecule has 0 fully saturated rings. The minimum absolute atomic E-state index is 0.0366. The summed E-state index contributed by atoms with van der Waals surface area (Å²) in [5, 5.41) is 0.272. The molecular weight excluding hydrogens is 292 g/mol. The molecule has 0 spiro atoms. The highest BCUT2D eigenvalue weighted by atomic mass is 35.5. The molecule has 0 unspecified atom stereocenters. The number of rotatable bonds is 5. The number of benzene rings is 1. The second-order valence-corrected chi connectivity index (χ2v) is 6.02. The molecule has 0 saturated heterocycles. The molecule has 106 valence electrons. The predicted molar refractivity (Wildman–Crippen MR) is 72.4 cm³/mol. The molecule has 0 amide bonds. The summed E-state index contributed by atoms with van der Waals surface area (Å²) in [6, 6.07) is 2.63. The number of halogens is 1. The number of sulfonamides is 1. The lowest BCUT2D eigenvalue weighted by molar-refractivity contribution is -0.140. The second-order valence-electron chi connectivity index (χ2n) is 3.84. The molecule has 19 heavy (non-hydrogen) atoms. The molecule has 0 aliphatic rings. The van der Waals surface area contributed by atoms with Gasteiger partial charge in [0.25, 0.3) is 0 Å². The van der Waals surface area contributed by atoms with Crippen LogP contribution < -0.4 is 10.5 Å². The number of methoxy groups -OCH3 is 1. The van der Waals surface area contributed by atoms with Gasteiger partial charge in [-0.05, 0) is 24.6 Å². The third-order valence-corrected chi connectivity index (χ3v) is 4.35. The van der Waals surface area contributed by atoms with Gasteiger partial charge in [-0.2, -0.15) is 0 Å². The van der Waals surface area contributed by atoms with E-state index in [1.807, 2.05) is 0 Å². The van der Waals surface area contributed by atoms with Crippen LogP contribution in [0.4, 0.5) is 5.69 Å². The Morgan fingerprint density at radius 3 is 2.63 bits per heavy atom. The van der Waals surface area contributed by atoms with E-state index in [4.69, 9.17) is 17.3 Å². The van der Waals surface area contributed by atoms with Gasteiger partial charge in [0, 0.05) is 17.3 Å². The molecule has 1 aromatic carbocycles. The van der Waals surface area contributed by atoms with Gasteiger partial charge in [0.15, 0.2) is 0 Å². The predicted octanol–water partition coefficient (Wildman–Crippen LogP) is 1.07. The van der Waals surface area contributed by atoms with E-state index in [9.17, 15) is 13.2 Å². The standard InChI is InChI=1S/C11H15ClN2O4S/c1-7-9(12)5-8(6-10(7)13)19(16,17)14-4-3-11(15)18-2/h5-6,14H,3-4,13H2,1-2H3. The Hall–Kier alpha value is -1.31. The van der Waals surface area contributed by atoms with Crippen LogP contribution in [0.25, 0.3) is 0 Å². The smallest absolute Gasteiger partial charge is 0.306 e. The maximum atomic E-state index is 11.9. The van der Waals surface area contributed by atoms with Crippen LogP contribution >= 0.6 is 11.6 Å². The van der Waals surface area contributed by atoms with E-state index in [1.165, 1.54) is 19.2 Å². The fraction of sp³-hybridized carbons (Fsp3) is 0.364. The number of carbonyl (C=O) groups excluding carboxylic acids is 1. The number of esters is 1. The van der Waals surface area contributed by atoms with Gasteiger partial charge in [0.05, 0.1) is 18.4 Å². The van der Waals surface area contributed by atoms with Crippen LogP contribution in [0, 0.1) is 6.92 Å². The van der Waals surface area contributed by atoms with Crippen LogP contribution in [0.3, 0.4) is 0 Å². The van der Waals surface area contributed by atoms with Crippen LogP contribution in [0.1, 0.15) is 12.0 Å². The second kappa shape index (κ2) is 6.23. The zero-order valence-corrected chi connectivity index (χ0v) is 12.1. The summed E-state index contributed by atoms with van der Waals surface area (Å²) >= 11 is 5.89. The number of nitrogen functional groups attached to an aromatic ring is 1. The molecule has 0 aromatic heterocycles. The summed E-state index contributed by atoms with van der Waals surface area (Å²) in [6.07, 6.45) is -0.0508. The van der Waals surface area contributed by atoms with Crippen molar-refractivity contribution in [2.75, 3.05) is 19.4 Å². The number of nitrogens with one attached hydrogen (secondary N) is 1. The van der Waals surface area contributed by atoms with Crippen LogP contribution in [0.5, 0.6) is 0 Å². The van der Waals surface area contributed by atoms with Gasteiger partial charge in [0.1, 0.15) is 0 Å². The number of hydrogen-bond acceptors (Lipinski definition) is 5. The number of nitrogens with two attached hydrogens (primary N) is 1. The normalized spacial score (nSPS) is 11.3. The first-order chi connectivity index (χ1) is 8.77. The SMILES string of the molecule is COC(=O)CCNS(=O)(=O)c1cc(N)c(C)c(Cl)c1. The van der Waals surface area contributed by atoms with Gasteiger partial charge in [-0.25, -0.2) is 13.1 Å². The van der Waals surface area contributed by atoms with Crippen molar-refractivity contribution in [3.05, 3.63) is 22.7 Å². The first-order valence-electron chi connectivity index (χ1n) is 5.40. The molecule has 0 heterocycles. The van der Waals surface area contributed by atoms with Gasteiger partial charge < -0.3 is 10.5 Å². The van der Waals surface area contributed by atoms with Crippen molar-refractivity contribution in [2.45, 2.75) is 18.2 Å². The lowest BCUT2D eigenvalue weighted by Crippen LogP contribution is -2.26. The number of hydrogen-bond donors (Lipinski definition) is 2. The summed E-state index contributed by atoms with van der Waals surface area (Å²) in [7, 11) is -2.51. The van der Waals surface area contributed by atoms with Crippen LogP contribution in [0.2, 0.25) is 5.02 Å². The van der Waals surface area contributed by atoms with Gasteiger partial charge in [-0.3, -0.25) is 4.79 Å². The molecule has 0 radical (unpaired) electrons. The molecule has 0 aliphatic heterocycles. The molecule has 1 aromatic rings. The molecule has 8 heteroatoms. The van der Waals surface area contributed by atoms with E-state index < -0.39 is 16.0 Å². The fourth-order valence-electron chi connectivity index (χ4n) is 1.30. The monoisotopic (exact) mass is 306 g/mol. The summed E-state index contributed by atoms with van der Waals surface area (Å²) in [5.74, 6) is -0.496. The Labute approximate surface area is 116 Å². The average molecular weight is 307 g/mol. The van der Waals surface area contributed by atoms with E-state index in [1.54, 1.807) is 6.92 Å². The lowest BCUT2D eigenvalue weighted by Gasteiger charge is -2.09. The highest BCUT2D eigenvalue weighted by Crippen LogP contribution is 2.25. The van der Waals surface area contributed by atoms with Crippen molar-refractivity contribution < 1.29 is 17.9 Å². The quantitative estimate of drug-likeness (QED) is 0.626. The number of anilines is 1. The maximum Gasteiger partial charge on any atom is 0.306 e. The Kier molecular flexibility index (Phi) is 5.16. The van der Waals surface area contributed by atoms with E-state index in [2.05, 4.69) is 9.46 Å². The molecule has 0 bridgehead atoms. The van der Waals surface area contributed by atoms with Crippen LogP contribution in [0.15, 0.2) is 17.0 Å². The van der Waals surface area contributed by atoms with Crippen molar-refractivity contribution in [3.8, 4) is 0 Å². The number of ether oxygens (including phenoxy) is 1. The van der Waals surface area contributed by atoms with E-state index in [0.717, 1.165) is 0 Å². The van der Waals surface area contributed by atoms with Crippen molar-refractivity contribution in [2.24, 2.45) is 0 Å². The third kappa shape index (κ3) is 4.09. The summed E-state index contributed by atoms with van der Waals surface area (Å²) in [6.45, 7) is 1.64. The average Bonchev–Trinajstić information content (AvgIpc) is 2.34. The maximum absolute atomic E-state index is 11.9. The zero-order valence-electron chi connectivity index (χ0n) is 10.6. The topological polar surface area (TPSA) is 98.5 Å². The summed E-state index contributed by atoms with van der Waals surface area (Å²) < 4.78 is 30.6. The van der Waals surface area contributed by atoms with Gasteiger partial charge in [-0.15, -0.1) is 0 Å². The highest BCUT2D eigenvalue weighted by Gasteiger charge is 2.17. The molecule has 1 rings (SSSR count). The molecular formula is C11H15ClN2O4S. The van der Waals surface area contributed by atoms with E-state index >= 15 is 0 Å². The van der Waals surface area contributed by atoms with Crippen molar-refractivity contribution in [3.63, 3.8) is 0 Å². The Morgan fingerprint density at radius 2 is 2.11 bits per heavy atom. The molecule has 0 saturated carbocycles. The highest BCUT2D eigenvalue weighted by molar-refractivity contribution is 7.89. The largest absolute Gasteiger partial charge is 0.469 e. The van der Waals surface area contributed by atoms with E-state index in [-0.39, 0.29) is 22.9 Å². The van der Waals surface area contributed by atoms with Gasteiger partial charge >= 0.3 is 5.97 Å². The van der Waals surface area contributed by atoms with Crippen LogP contribution in [-0.2, 0) is 19.6 Å². The fourth-order valence-corrected chi connectivity index (χ4v) is 2.69.